The molecular formula is C18H18O4. The maximum absolute atomic E-state index is 11.3. The molecule has 0 spiro atoms. The molecule has 0 aliphatic heterocycles. The van der Waals surface area contributed by atoms with Gasteiger partial charge in [0.1, 0.15) is 0 Å². The van der Waals surface area contributed by atoms with Gasteiger partial charge in [0.15, 0.2) is 11.5 Å². The van der Waals surface area contributed by atoms with Gasteiger partial charge in [-0.05, 0) is 37.0 Å². The molecule has 0 saturated carbocycles. The van der Waals surface area contributed by atoms with Gasteiger partial charge in [0.2, 0.25) is 0 Å². The quantitative estimate of drug-likeness (QED) is 0.562. The first kappa shape index (κ1) is 15.6. The molecule has 114 valence electrons. The van der Waals surface area contributed by atoms with Gasteiger partial charge in [-0.25, -0.2) is 4.79 Å². The first-order chi connectivity index (χ1) is 10.6. The number of aliphatic carboxylic acids is 1. The Morgan fingerprint density at radius 1 is 1.00 bits per heavy atom. The highest BCUT2D eigenvalue weighted by molar-refractivity contribution is 5.92. The van der Waals surface area contributed by atoms with Gasteiger partial charge in [0.05, 0.1) is 0 Å². The molecule has 4 heteroatoms. The van der Waals surface area contributed by atoms with Crippen molar-refractivity contribution in [3.63, 3.8) is 0 Å². The summed E-state index contributed by atoms with van der Waals surface area (Å²) in [7, 11) is 0. The third-order valence-electron chi connectivity index (χ3n) is 3.40. The number of hydrogen-bond acceptors (Lipinski definition) is 3. The van der Waals surface area contributed by atoms with Crippen LogP contribution in [0.1, 0.15) is 24.0 Å². The van der Waals surface area contributed by atoms with Crippen molar-refractivity contribution in [2.75, 3.05) is 0 Å². The number of carbonyl (C=O) groups is 1. The Balaban J connectivity index is 2.08. The van der Waals surface area contributed by atoms with Gasteiger partial charge in [0, 0.05) is 11.1 Å². The van der Waals surface area contributed by atoms with Gasteiger partial charge in [0.25, 0.3) is 0 Å². The van der Waals surface area contributed by atoms with Crippen molar-refractivity contribution < 1.29 is 20.1 Å². The molecule has 0 bridgehead atoms. The molecule has 0 atom stereocenters. The lowest BCUT2D eigenvalue weighted by Gasteiger charge is -2.06. The van der Waals surface area contributed by atoms with E-state index in [9.17, 15) is 20.1 Å². The van der Waals surface area contributed by atoms with E-state index in [0.29, 0.717) is 18.4 Å². The molecule has 22 heavy (non-hydrogen) atoms. The Morgan fingerprint density at radius 3 is 2.41 bits per heavy atom. The summed E-state index contributed by atoms with van der Waals surface area (Å²) < 4.78 is 0. The minimum absolute atomic E-state index is 0.205. The van der Waals surface area contributed by atoms with Crippen molar-refractivity contribution in [2.45, 2.75) is 19.3 Å². The van der Waals surface area contributed by atoms with E-state index in [2.05, 4.69) is 0 Å². The molecule has 0 radical (unpaired) electrons. The molecule has 0 aromatic heterocycles. The van der Waals surface area contributed by atoms with Crippen molar-refractivity contribution in [2.24, 2.45) is 0 Å². The van der Waals surface area contributed by atoms with Crippen LogP contribution in [0, 0.1) is 0 Å². The molecule has 0 aliphatic rings. The van der Waals surface area contributed by atoms with Crippen LogP contribution in [0.5, 0.6) is 11.5 Å². The molecule has 0 fully saturated rings. The second-order valence-corrected chi connectivity index (χ2v) is 5.03. The van der Waals surface area contributed by atoms with E-state index >= 15 is 0 Å². The van der Waals surface area contributed by atoms with Gasteiger partial charge in [-0.1, -0.05) is 42.5 Å². The maximum Gasteiger partial charge on any atom is 0.331 e. The van der Waals surface area contributed by atoms with Gasteiger partial charge in [-0.3, -0.25) is 0 Å². The number of rotatable bonds is 6. The standard InChI is InChI=1S/C18H18O4/c19-16-11-5-9-14(17(16)20)12-15(18(21)22)10-4-8-13-6-2-1-3-7-13/h1-3,5-7,9,11-12,19-20H,4,8,10H2,(H,21,22)/b15-12+. The molecule has 2 aromatic rings. The van der Waals surface area contributed by atoms with Crippen molar-refractivity contribution in [1.29, 1.82) is 0 Å². The summed E-state index contributed by atoms with van der Waals surface area (Å²) in [6, 6.07) is 14.3. The van der Waals surface area contributed by atoms with Crippen LogP contribution in [-0.4, -0.2) is 21.3 Å². The second kappa shape index (κ2) is 7.31. The molecule has 0 unspecified atom stereocenters. The number of carboxylic acid groups (broad SMARTS) is 1. The van der Waals surface area contributed by atoms with E-state index < -0.39 is 5.97 Å². The van der Waals surface area contributed by atoms with E-state index in [1.165, 1.54) is 12.1 Å². The number of phenolic OH excluding ortho intramolecular Hbond substituents is 2. The minimum atomic E-state index is -1.02. The van der Waals surface area contributed by atoms with Crippen molar-refractivity contribution >= 4 is 12.0 Å². The number of phenols is 2. The van der Waals surface area contributed by atoms with Crippen molar-refractivity contribution in [1.82, 2.24) is 0 Å². The molecule has 0 heterocycles. The monoisotopic (exact) mass is 298 g/mol. The zero-order valence-corrected chi connectivity index (χ0v) is 12.1. The van der Waals surface area contributed by atoms with Crippen molar-refractivity contribution in [3.8, 4) is 11.5 Å². The number of carboxylic acids is 1. The molecule has 2 rings (SSSR count). The van der Waals surface area contributed by atoms with Crippen LogP contribution in [-0.2, 0) is 11.2 Å². The van der Waals surface area contributed by atoms with Crippen LogP contribution in [0.25, 0.3) is 6.08 Å². The Hall–Kier alpha value is -2.75. The van der Waals surface area contributed by atoms with Crippen LogP contribution in [0.15, 0.2) is 54.1 Å². The summed E-state index contributed by atoms with van der Waals surface area (Å²) in [5, 5.41) is 28.5. The van der Waals surface area contributed by atoms with E-state index in [1.807, 2.05) is 30.3 Å². The number of aromatic hydroxyl groups is 2. The average molecular weight is 298 g/mol. The summed E-state index contributed by atoms with van der Waals surface area (Å²) in [4.78, 5) is 11.3. The van der Waals surface area contributed by atoms with Crippen LogP contribution in [0.2, 0.25) is 0 Å². The highest BCUT2D eigenvalue weighted by Gasteiger charge is 2.10. The molecule has 2 aromatic carbocycles. The second-order valence-electron chi connectivity index (χ2n) is 5.03. The predicted octanol–water partition coefficient (Wildman–Crippen LogP) is 3.59. The Bertz CT molecular complexity index is 675. The first-order valence-corrected chi connectivity index (χ1v) is 7.06. The number of para-hydroxylation sites is 1. The third kappa shape index (κ3) is 4.12. The molecule has 0 aliphatic carbocycles. The Kier molecular flexibility index (Phi) is 5.20. The zero-order chi connectivity index (χ0) is 15.9. The Morgan fingerprint density at radius 2 is 1.73 bits per heavy atom. The molecule has 0 saturated heterocycles. The van der Waals surface area contributed by atoms with Gasteiger partial charge in [-0.2, -0.15) is 0 Å². The smallest absolute Gasteiger partial charge is 0.331 e. The molecule has 4 nitrogen and oxygen atoms in total. The number of aryl methyl sites for hydroxylation is 1. The van der Waals surface area contributed by atoms with E-state index in [4.69, 9.17) is 0 Å². The summed E-state index contributed by atoms with van der Waals surface area (Å²) >= 11 is 0. The fourth-order valence-corrected chi connectivity index (χ4v) is 2.22. The van der Waals surface area contributed by atoms with Gasteiger partial charge < -0.3 is 15.3 Å². The van der Waals surface area contributed by atoms with Crippen LogP contribution >= 0.6 is 0 Å². The normalized spacial score (nSPS) is 11.4. The lowest BCUT2D eigenvalue weighted by Crippen LogP contribution is -2.01. The predicted molar refractivity (Wildman–Crippen MR) is 84.8 cm³/mol. The number of hydrogen-bond donors (Lipinski definition) is 3. The third-order valence-corrected chi connectivity index (χ3v) is 3.40. The Labute approximate surface area is 129 Å². The number of benzene rings is 2. The van der Waals surface area contributed by atoms with E-state index in [0.717, 1.165) is 12.0 Å². The largest absolute Gasteiger partial charge is 0.504 e. The van der Waals surface area contributed by atoms with Crippen LogP contribution in [0.4, 0.5) is 0 Å². The first-order valence-electron chi connectivity index (χ1n) is 7.06. The van der Waals surface area contributed by atoms with Crippen LogP contribution in [0.3, 0.4) is 0 Å². The minimum Gasteiger partial charge on any atom is -0.504 e. The SMILES string of the molecule is O=C(O)/C(=C/c1cccc(O)c1O)CCCc1ccccc1. The topological polar surface area (TPSA) is 77.8 Å². The van der Waals surface area contributed by atoms with Crippen molar-refractivity contribution in [3.05, 3.63) is 65.2 Å². The molecule has 3 N–H and O–H groups in total. The highest BCUT2D eigenvalue weighted by atomic mass is 16.4. The van der Waals surface area contributed by atoms with Gasteiger partial charge in [-0.15, -0.1) is 0 Å². The average Bonchev–Trinajstić information content (AvgIpc) is 2.51. The lowest BCUT2D eigenvalue weighted by atomic mass is 10.0. The zero-order valence-electron chi connectivity index (χ0n) is 12.1. The summed E-state index contributed by atoms with van der Waals surface area (Å²) in [5.74, 6) is -1.58. The van der Waals surface area contributed by atoms with Crippen LogP contribution < -0.4 is 0 Å². The fourth-order valence-electron chi connectivity index (χ4n) is 2.22. The molecule has 0 amide bonds. The molecular weight excluding hydrogens is 280 g/mol. The fraction of sp³-hybridized carbons (Fsp3) is 0.167. The van der Waals surface area contributed by atoms with Gasteiger partial charge >= 0.3 is 5.97 Å². The summed E-state index contributed by atoms with van der Waals surface area (Å²) in [6.45, 7) is 0. The highest BCUT2D eigenvalue weighted by Crippen LogP contribution is 2.30. The van der Waals surface area contributed by atoms with E-state index in [-0.39, 0.29) is 17.1 Å². The summed E-state index contributed by atoms with van der Waals surface area (Å²) in [6.07, 6.45) is 3.28. The maximum atomic E-state index is 11.3. The summed E-state index contributed by atoms with van der Waals surface area (Å²) in [5.41, 5.74) is 1.67. The van der Waals surface area contributed by atoms with E-state index in [1.54, 1.807) is 12.1 Å². The lowest BCUT2D eigenvalue weighted by molar-refractivity contribution is -0.132.